The summed E-state index contributed by atoms with van der Waals surface area (Å²) in [5.74, 6) is 0.247. The second-order valence-corrected chi connectivity index (χ2v) is 5.93. The third kappa shape index (κ3) is 2.61. The Balaban J connectivity index is 2.23. The Morgan fingerprint density at radius 3 is 2.83 bits per heavy atom. The Labute approximate surface area is 110 Å². The molecule has 1 atom stereocenters. The first kappa shape index (κ1) is 13.2. The van der Waals surface area contributed by atoms with Crippen LogP contribution in [0.3, 0.4) is 0 Å². The summed E-state index contributed by atoms with van der Waals surface area (Å²) < 4.78 is 0. The number of aryl methyl sites for hydroxylation is 1. The molecule has 1 aliphatic rings. The number of nitrogens with zero attached hydrogens (tertiary/aromatic N) is 1. The normalized spacial score (nSPS) is 18.6. The third-order valence-electron chi connectivity index (χ3n) is 4.07. The van der Waals surface area contributed by atoms with Crippen molar-refractivity contribution in [1.82, 2.24) is 0 Å². The maximum Gasteiger partial charge on any atom is 0.0816 e. The zero-order chi connectivity index (χ0) is 13.3. The molecule has 3 heteroatoms. The van der Waals surface area contributed by atoms with Crippen molar-refractivity contribution >= 4 is 11.4 Å². The van der Waals surface area contributed by atoms with Gasteiger partial charge in [-0.25, -0.2) is 0 Å². The number of fused-ring (bicyclic) bond motifs is 1. The third-order valence-corrected chi connectivity index (χ3v) is 4.07. The molecule has 2 rings (SSSR count). The van der Waals surface area contributed by atoms with Crippen molar-refractivity contribution in [2.75, 3.05) is 23.7 Å². The number of β-amino-alcohol motifs (C(OH)–C–C–N with tert-alkyl or cyclic N) is 1. The highest BCUT2D eigenvalue weighted by Crippen LogP contribution is 2.31. The maximum atomic E-state index is 10.5. The average molecular weight is 248 g/mol. The minimum absolute atomic E-state index is 0.247. The van der Waals surface area contributed by atoms with Gasteiger partial charge in [-0.2, -0.15) is 0 Å². The van der Waals surface area contributed by atoms with Crippen molar-refractivity contribution in [3.05, 3.63) is 23.8 Å². The molecule has 100 valence electrons. The minimum Gasteiger partial charge on any atom is -0.399 e. The Bertz CT molecular complexity index is 427. The Kier molecular flexibility index (Phi) is 3.53. The number of anilines is 2. The fourth-order valence-corrected chi connectivity index (χ4v) is 2.43. The zero-order valence-electron chi connectivity index (χ0n) is 11.6. The molecule has 0 amide bonds. The first-order valence-electron chi connectivity index (χ1n) is 6.76. The quantitative estimate of drug-likeness (QED) is 0.808. The van der Waals surface area contributed by atoms with E-state index < -0.39 is 5.60 Å². The second-order valence-electron chi connectivity index (χ2n) is 5.93. The van der Waals surface area contributed by atoms with E-state index in [1.807, 2.05) is 13.0 Å². The smallest absolute Gasteiger partial charge is 0.0816 e. The van der Waals surface area contributed by atoms with Crippen LogP contribution < -0.4 is 10.6 Å². The molecular formula is C15H24N2O. The number of nitrogen functional groups attached to an aromatic ring is 1. The molecule has 1 aliphatic heterocycles. The molecule has 0 radical (unpaired) electrons. The van der Waals surface area contributed by atoms with Gasteiger partial charge in [0, 0.05) is 24.5 Å². The lowest BCUT2D eigenvalue weighted by Gasteiger charge is -2.38. The lowest BCUT2D eigenvalue weighted by Crippen LogP contribution is -2.46. The number of nitrogens with two attached hydrogens (primary N) is 1. The van der Waals surface area contributed by atoms with Gasteiger partial charge in [0.05, 0.1) is 5.60 Å². The van der Waals surface area contributed by atoms with E-state index in [0.717, 1.165) is 25.1 Å². The Morgan fingerprint density at radius 1 is 1.44 bits per heavy atom. The lowest BCUT2D eigenvalue weighted by atomic mass is 9.90. The molecule has 1 aromatic rings. The van der Waals surface area contributed by atoms with Gasteiger partial charge in [0.15, 0.2) is 0 Å². The highest BCUT2D eigenvalue weighted by atomic mass is 16.3. The van der Waals surface area contributed by atoms with Gasteiger partial charge in [-0.3, -0.25) is 0 Å². The SMILES string of the molecule is CC(C)C(C)(O)CN1CCCc2cc(N)ccc21. The van der Waals surface area contributed by atoms with E-state index in [4.69, 9.17) is 5.73 Å². The molecule has 0 spiro atoms. The number of rotatable bonds is 3. The van der Waals surface area contributed by atoms with Crippen molar-refractivity contribution < 1.29 is 5.11 Å². The van der Waals surface area contributed by atoms with Crippen molar-refractivity contribution in [2.45, 2.75) is 39.2 Å². The summed E-state index contributed by atoms with van der Waals surface area (Å²) in [4.78, 5) is 2.29. The molecule has 0 bridgehead atoms. The van der Waals surface area contributed by atoms with Crippen LogP contribution in [0, 0.1) is 5.92 Å². The number of hydrogen-bond donors (Lipinski definition) is 2. The largest absolute Gasteiger partial charge is 0.399 e. The summed E-state index contributed by atoms with van der Waals surface area (Å²) in [5.41, 5.74) is 8.54. The first-order chi connectivity index (χ1) is 8.40. The molecule has 0 aromatic heterocycles. The molecule has 1 unspecified atom stereocenters. The van der Waals surface area contributed by atoms with Crippen LogP contribution in [0.2, 0.25) is 0 Å². The molecule has 0 saturated heterocycles. The minimum atomic E-state index is -0.657. The van der Waals surface area contributed by atoms with E-state index in [1.165, 1.54) is 11.3 Å². The fraction of sp³-hybridized carbons (Fsp3) is 0.600. The fourth-order valence-electron chi connectivity index (χ4n) is 2.43. The summed E-state index contributed by atoms with van der Waals surface area (Å²) in [7, 11) is 0. The van der Waals surface area contributed by atoms with Crippen LogP contribution in [0.1, 0.15) is 32.8 Å². The molecule has 1 aromatic carbocycles. The summed E-state index contributed by atoms with van der Waals surface area (Å²) in [6.07, 6.45) is 2.21. The van der Waals surface area contributed by atoms with Crippen LogP contribution in [0.15, 0.2) is 18.2 Å². The van der Waals surface area contributed by atoms with Gasteiger partial charge >= 0.3 is 0 Å². The van der Waals surface area contributed by atoms with E-state index in [2.05, 4.69) is 30.9 Å². The van der Waals surface area contributed by atoms with Gasteiger partial charge < -0.3 is 15.7 Å². The molecule has 0 saturated carbocycles. The van der Waals surface area contributed by atoms with Crippen LogP contribution in [-0.2, 0) is 6.42 Å². The molecule has 0 fully saturated rings. The van der Waals surface area contributed by atoms with E-state index in [0.29, 0.717) is 6.54 Å². The highest BCUT2D eigenvalue weighted by molar-refractivity contribution is 5.61. The summed E-state index contributed by atoms with van der Waals surface area (Å²) in [5, 5.41) is 10.5. The van der Waals surface area contributed by atoms with Crippen LogP contribution in [0.5, 0.6) is 0 Å². The lowest BCUT2D eigenvalue weighted by molar-refractivity contribution is 0.0203. The maximum absolute atomic E-state index is 10.5. The molecule has 3 nitrogen and oxygen atoms in total. The number of benzene rings is 1. The predicted molar refractivity (Wildman–Crippen MR) is 76.9 cm³/mol. The summed E-state index contributed by atoms with van der Waals surface area (Å²) >= 11 is 0. The van der Waals surface area contributed by atoms with Gasteiger partial charge in [-0.05, 0) is 49.4 Å². The highest BCUT2D eigenvalue weighted by Gasteiger charge is 2.29. The van der Waals surface area contributed by atoms with Crippen LogP contribution >= 0.6 is 0 Å². The van der Waals surface area contributed by atoms with Crippen LogP contribution in [0.25, 0.3) is 0 Å². The van der Waals surface area contributed by atoms with E-state index >= 15 is 0 Å². The van der Waals surface area contributed by atoms with Crippen molar-refractivity contribution in [1.29, 1.82) is 0 Å². The van der Waals surface area contributed by atoms with Gasteiger partial charge in [0.25, 0.3) is 0 Å². The van der Waals surface area contributed by atoms with E-state index in [-0.39, 0.29) is 5.92 Å². The molecular weight excluding hydrogens is 224 g/mol. The van der Waals surface area contributed by atoms with Crippen molar-refractivity contribution in [2.24, 2.45) is 5.92 Å². The zero-order valence-corrected chi connectivity index (χ0v) is 11.6. The molecule has 3 N–H and O–H groups in total. The van der Waals surface area contributed by atoms with Gasteiger partial charge in [0.1, 0.15) is 0 Å². The van der Waals surface area contributed by atoms with Crippen LogP contribution in [-0.4, -0.2) is 23.8 Å². The molecule has 1 heterocycles. The van der Waals surface area contributed by atoms with Crippen molar-refractivity contribution in [3.8, 4) is 0 Å². The number of aliphatic hydroxyl groups is 1. The first-order valence-corrected chi connectivity index (χ1v) is 6.76. The monoisotopic (exact) mass is 248 g/mol. The molecule has 18 heavy (non-hydrogen) atoms. The molecule has 0 aliphatic carbocycles. The predicted octanol–water partition coefficient (Wildman–Crippen LogP) is 2.43. The van der Waals surface area contributed by atoms with Crippen LogP contribution in [0.4, 0.5) is 11.4 Å². The topological polar surface area (TPSA) is 49.5 Å². The Morgan fingerprint density at radius 2 is 2.17 bits per heavy atom. The van der Waals surface area contributed by atoms with Gasteiger partial charge in [-0.1, -0.05) is 13.8 Å². The Hall–Kier alpha value is -1.22. The standard InChI is InChI=1S/C15H24N2O/c1-11(2)15(3,18)10-17-8-4-5-12-9-13(16)6-7-14(12)17/h6-7,9,11,18H,4-5,8,10,16H2,1-3H3. The average Bonchev–Trinajstić information content (AvgIpc) is 2.28. The van der Waals surface area contributed by atoms with Crippen molar-refractivity contribution in [3.63, 3.8) is 0 Å². The van der Waals surface area contributed by atoms with E-state index in [9.17, 15) is 5.11 Å². The van der Waals surface area contributed by atoms with Gasteiger partial charge in [0.2, 0.25) is 0 Å². The summed E-state index contributed by atoms with van der Waals surface area (Å²) in [6.45, 7) is 7.74. The van der Waals surface area contributed by atoms with E-state index in [1.54, 1.807) is 0 Å². The summed E-state index contributed by atoms with van der Waals surface area (Å²) in [6, 6.07) is 6.09. The number of hydrogen-bond acceptors (Lipinski definition) is 3. The second kappa shape index (κ2) is 4.81. The van der Waals surface area contributed by atoms with Gasteiger partial charge in [-0.15, -0.1) is 0 Å².